The molecule has 1 N–H and O–H groups in total. The van der Waals surface area contributed by atoms with Crippen LogP contribution in [0.3, 0.4) is 0 Å². The number of rotatable bonds is 5. The fourth-order valence-corrected chi connectivity index (χ4v) is 1.91. The van der Waals surface area contributed by atoms with Gasteiger partial charge in [-0.25, -0.2) is 4.98 Å². The van der Waals surface area contributed by atoms with Crippen LogP contribution in [0.1, 0.15) is 29.9 Å². The molecule has 0 saturated heterocycles. The van der Waals surface area contributed by atoms with Gasteiger partial charge in [-0.3, -0.25) is 0 Å². The summed E-state index contributed by atoms with van der Waals surface area (Å²) in [5.74, 6) is 0.680. The van der Waals surface area contributed by atoms with E-state index in [2.05, 4.69) is 27.4 Å². The van der Waals surface area contributed by atoms with Gasteiger partial charge in [0.05, 0.1) is 17.2 Å². The van der Waals surface area contributed by atoms with Crippen molar-refractivity contribution in [1.29, 1.82) is 0 Å². The van der Waals surface area contributed by atoms with E-state index in [0.29, 0.717) is 18.5 Å². The molecule has 0 spiro atoms. The summed E-state index contributed by atoms with van der Waals surface area (Å²) in [5.41, 5.74) is 0.998. The molecule has 2 heterocycles. The Bertz CT molecular complexity index is 451. The number of hydrogen-bond acceptors (Lipinski definition) is 6. The third-order valence-electron chi connectivity index (χ3n) is 2.02. The van der Waals surface area contributed by atoms with E-state index in [9.17, 15) is 0 Å². The van der Waals surface area contributed by atoms with E-state index in [-0.39, 0.29) is 0 Å². The highest BCUT2D eigenvalue weighted by Gasteiger charge is 2.05. The molecule has 2 aromatic rings. The van der Waals surface area contributed by atoms with Crippen molar-refractivity contribution in [3.05, 3.63) is 22.0 Å². The molecule has 86 valence electrons. The van der Waals surface area contributed by atoms with Gasteiger partial charge in [0, 0.05) is 11.8 Å². The molecular formula is C10H14N4OS. The predicted octanol–water partition coefficient (Wildman–Crippen LogP) is 2.40. The highest BCUT2D eigenvalue weighted by atomic mass is 32.1. The standard InChI is InChI=1S/C10H14N4OS/c1-3-4-9-13-14-10(15-9)11-5-8-6-16-7(2)12-8/h6H,3-5H2,1-2H3,(H,11,14). The van der Waals surface area contributed by atoms with Crippen LogP contribution in [-0.4, -0.2) is 15.2 Å². The topological polar surface area (TPSA) is 63.8 Å². The summed E-state index contributed by atoms with van der Waals surface area (Å²) in [4.78, 5) is 4.34. The monoisotopic (exact) mass is 238 g/mol. The second-order valence-corrected chi connectivity index (χ2v) is 4.52. The SMILES string of the molecule is CCCc1nnc(NCc2csc(C)n2)o1. The molecule has 6 heteroatoms. The van der Waals surface area contributed by atoms with Crippen molar-refractivity contribution >= 4 is 17.4 Å². The van der Waals surface area contributed by atoms with E-state index in [0.717, 1.165) is 23.5 Å². The van der Waals surface area contributed by atoms with Crippen LogP contribution in [0.5, 0.6) is 0 Å². The van der Waals surface area contributed by atoms with Crippen molar-refractivity contribution < 1.29 is 4.42 Å². The third-order valence-corrected chi connectivity index (χ3v) is 2.84. The minimum Gasteiger partial charge on any atom is -0.408 e. The maximum Gasteiger partial charge on any atom is 0.315 e. The van der Waals surface area contributed by atoms with Gasteiger partial charge < -0.3 is 9.73 Å². The highest BCUT2D eigenvalue weighted by Crippen LogP contribution is 2.11. The van der Waals surface area contributed by atoms with Crippen molar-refractivity contribution in [1.82, 2.24) is 15.2 Å². The normalized spacial score (nSPS) is 10.6. The number of aromatic nitrogens is 3. The first-order valence-electron chi connectivity index (χ1n) is 5.25. The minimum atomic E-state index is 0.467. The van der Waals surface area contributed by atoms with E-state index in [1.807, 2.05) is 12.3 Å². The van der Waals surface area contributed by atoms with Gasteiger partial charge in [-0.2, -0.15) is 0 Å². The summed E-state index contributed by atoms with van der Waals surface area (Å²) in [6, 6.07) is 0.467. The fraction of sp³-hybridized carbons (Fsp3) is 0.500. The van der Waals surface area contributed by atoms with Crippen molar-refractivity contribution in [3.63, 3.8) is 0 Å². The largest absolute Gasteiger partial charge is 0.408 e. The Balaban J connectivity index is 1.89. The van der Waals surface area contributed by atoms with Gasteiger partial charge in [0.15, 0.2) is 0 Å². The third kappa shape index (κ3) is 2.79. The van der Waals surface area contributed by atoms with Gasteiger partial charge in [0.1, 0.15) is 0 Å². The summed E-state index contributed by atoms with van der Waals surface area (Å²) in [6.45, 7) is 4.69. The second-order valence-electron chi connectivity index (χ2n) is 3.46. The summed E-state index contributed by atoms with van der Waals surface area (Å²) in [5, 5.41) is 14.0. The van der Waals surface area contributed by atoms with Crippen LogP contribution in [-0.2, 0) is 13.0 Å². The molecule has 5 nitrogen and oxygen atoms in total. The summed E-state index contributed by atoms with van der Waals surface area (Å²) in [6.07, 6.45) is 1.83. The first kappa shape index (κ1) is 11.1. The van der Waals surface area contributed by atoms with Crippen molar-refractivity contribution in [2.75, 3.05) is 5.32 Å². The number of anilines is 1. The Morgan fingerprint density at radius 1 is 1.44 bits per heavy atom. The van der Waals surface area contributed by atoms with Gasteiger partial charge in [-0.15, -0.1) is 16.4 Å². The number of nitrogens with one attached hydrogen (secondary N) is 1. The first-order valence-corrected chi connectivity index (χ1v) is 6.13. The molecule has 0 saturated carbocycles. The fourth-order valence-electron chi connectivity index (χ4n) is 1.30. The lowest BCUT2D eigenvalue weighted by Gasteiger charge is -1.96. The zero-order chi connectivity index (χ0) is 11.4. The molecule has 0 aromatic carbocycles. The summed E-state index contributed by atoms with van der Waals surface area (Å²) in [7, 11) is 0. The van der Waals surface area contributed by atoms with Gasteiger partial charge in [0.2, 0.25) is 5.89 Å². The van der Waals surface area contributed by atoms with Crippen LogP contribution in [0.4, 0.5) is 6.01 Å². The van der Waals surface area contributed by atoms with E-state index in [1.54, 1.807) is 11.3 Å². The molecule has 2 rings (SSSR count). The van der Waals surface area contributed by atoms with Crippen LogP contribution < -0.4 is 5.32 Å². The highest BCUT2D eigenvalue weighted by molar-refractivity contribution is 7.09. The molecule has 16 heavy (non-hydrogen) atoms. The number of aryl methyl sites for hydroxylation is 2. The zero-order valence-electron chi connectivity index (χ0n) is 9.36. The van der Waals surface area contributed by atoms with Gasteiger partial charge in [-0.1, -0.05) is 12.0 Å². The lowest BCUT2D eigenvalue weighted by Crippen LogP contribution is -1.99. The van der Waals surface area contributed by atoms with E-state index in [4.69, 9.17) is 4.42 Å². The van der Waals surface area contributed by atoms with Crippen LogP contribution in [0.15, 0.2) is 9.80 Å². The average molecular weight is 238 g/mol. The Kier molecular flexibility index (Phi) is 3.51. The van der Waals surface area contributed by atoms with Gasteiger partial charge in [0.25, 0.3) is 0 Å². The quantitative estimate of drug-likeness (QED) is 0.866. The molecule has 0 aliphatic rings. The minimum absolute atomic E-state index is 0.467. The molecule has 0 amide bonds. The maximum atomic E-state index is 5.39. The second kappa shape index (κ2) is 5.07. The molecule has 0 bridgehead atoms. The Morgan fingerprint density at radius 3 is 3.00 bits per heavy atom. The van der Waals surface area contributed by atoms with Crippen molar-refractivity contribution in [3.8, 4) is 0 Å². The molecule has 0 unspecified atom stereocenters. The van der Waals surface area contributed by atoms with Gasteiger partial charge in [-0.05, 0) is 13.3 Å². The summed E-state index contributed by atoms with van der Waals surface area (Å²) < 4.78 is 5.39. The molecule has 0 aliphatic carbocycles. The molecule has 0 aliphatic heterocycles. The molecule has 0 fully saturated rings. The Morgan fingerprint density at radius 2 is 2.31 bits per heavy atom. The summed E-state index contributed by atoms with van der Waals surface area (Å²) >= 11 is 1.64. The van der Waals surface area contributed by atoms with Gasteiger partial charge >= 0.3 is 6.01 Å². The van der Waals surface area contributed by atoms with E-state index < -0.39 is 0 Å². The van der Waals surface area contributed by atoms with Crippen LogP contribution in [0.25, 0.3) is 0 Å². The number of hydrogen-bond donors (Lipinski definition) is 1. The number of nitrogens with zero attached hydrogens (tertiary/aromatic N) is 3. The Labute approximate surface area is 97.9 Å². The van der Waals surface area contributed by atoms with Crippen LogP contribution >= 0.6 is 11.3 Å². The Hall–Kier alpha value is -1.43. The maximum absolute atomic E-state index is 5.39. The number of thiazole rings is 1. The molecular weight excluding hydrogens is 224 g/mol. The zero-order valence-corrected chi connectivity index (χ0v) is 10.2. The van der Waals surface area contributed by atoms with Crippen LogP contribution in [0, 0.1) is 6.92 Å². The molecule has 0 radical (unpaired) electrons. The first-order chi connectivity index (χ1) is 7.78. The molecule has 2 aromatic heterocycles. The predicted molar refractivity (Wildman–Crippen MR) is 62.5 cm³/mol. The average Bonchev–Trinajstić information content (AvgIpc) is 2.85. The van der Waals surface area contributed by atoms with E-state index in [1.165, 1.54) is 0 Å². The van der Waals surface area contributed by atoms with E-state index >= 15 is 0 Å². The lowest BCUT2D eigenvalue weighted by molar-refractivity contribution is 0.500. The lowest BCUT2D eigenvalue weighted by atomic mass is 10.3. The molecule has 0 atom stereocenters. The van der Waals surface area contributed by atoms with Crippen molar-refractivity contribution in [2.45, 2.75) is 33.2 Å². The smallest absolute Gasteiger partial charge is 0.315 e. The van der Waals surface area contributed by atoms with Crippen molar-refractivity contribution in [2.24, 2.45) is 0 Å². The van der Waals surface area contributed by atoms with Crippen LogP contribution in [0.2, 0.25) is 0 Å².